The van der Waals surface area contributed by atoms with Crippen molar-refractivity contribution in [2.45, 2.75) is 0 Å². The van der Waals surface area contributed by atoms with Crippen LogP contribution in [0, 0.1) is 5.82 Å². The molecule has 0 spiro atoms. The first-order valence-corrected chi connectivity index (χ1v) is 10.2. The van der Waals surface area contributed by atoms with E-state index in [0.717, 1.165) is 11.1 Å². The summed E-state index contributed by atoms with van der Waals surface area (Å²) in [5.41, 5.74) is 0.358. The summed E-state index contributed by atoms with van der Waals surface area (Å²) >= 11 is 5.80. The van der Waals surface area contributed by atoms with Crippen LogP contribution in [-0.2, 0) is 0 Å². The number of aromatic nitrogens is 1. The van der Waals surface area contributed by atoms with Crippen molar-refractivity contribution in [1.29, 1.82) is 0 Å². The molecule has 1 aliphatic heterocycles. The van der Waals surface area contributed by atoms with E-state index >= 15 is 4.39 Å². The number of hydrogen-bond acceptors (Lipinski definition) is 5. The van der Waals surface area contributed by atoms with Crippen LogP contribution in [-0.4, -0.2) is 28.1 Å². The molecule has 2 amide bonds. The maximum atomic E-state index is 15.3. The summed E-state index contributed by atoms with van der Waals surface area (Å²) in [6.45, 7) is 0. The number of nitrogens with one attached hydrogen (secondary N) is 1. The molecule has 36 heavy (non-hydrogen) atoms. The summed E-state index contributed by atoms with van der Waals surface area (Å²) in [6.07, 6.45) is 9.22. The van der Waals surface area contributed by atoms with Crippen molar-refractivity contribution in [1.82, 2.24) is 9.99 Å². The number of pyridine rings is 1. The first kappa shape index (κ1) is 30.6. The Morgan fingerprint density at radius 3 is 2.36 bits per heavy atom. The van der Waals surface area contributed by atoms with Gasteiger partial charge in [0.05, 0.1) is 5.02 Å². The minimum Gasteiger partial charge on any atom is -0.307 e. The summed E-state index contributed by atoms with van der Waals surface area (Å²) in [7, 11) is 0. The highest BCUT2D eigenvalue weighted by Gasteiger charge is 2.26. The van der Waals surface area contributed by atoms with E-state index in [9.17, 15) is 9.59 Å². The van der Waals surface area contributed by atoms with Crippen LogP contribution in [0.15, 0.2) is 96.4 Å². The number of hydrazine groups is 1. The lowest BCUT2D eigenvalue weighted by molar-refractivity contribution is 0.0952. The molecule has 0 bridgehead atoms. The van der Waals surface area contributed by atoms with Crippen LogP contribution >= 0.6 is 48.8 Å². The summed E-state index contributed by atoms with van der Waals surface area (Å²) in [5.74, 6) is -1.53. The van der Waals surface area contributed by atoms with E-state index in [1.807, 2.05) is 0 Å². The topological polar surface area (TPSA) is 77.9 Å². The Bertz CT molecular complexity index is 1260. The van der Waals surface area contributed by atoms with Gasteiger partial charge in [-0.15, -0.1) is 37.2 Å². The molecule has 1 aliphatic rings. The number of benzene rings is 2. The number of hydrogen-bond donors (Lipinski definition) is 1. The number of nitrogens with zero attached hydrogens (tertiary/aromatic N) is 4. The van der Waals surface area contributed by atoms with Crippen LogP contribution < -0.4 is 10.3 Å². The first-order valence-electron chi connectivity index (χ1n) is 9.80. The second kappa shape index (κ2) is 14.2. The molecule has 3 aromatic rings. The minimum absolute atomic E-state index is 0. The van der Waals surface area contributed by atoms with Gasteiger partial charge in [0.15, 0.2) is 0 Å². The lowest BCUT2D eigenvalue weighted by Crippen LogP contribution is -2.43. The van der Waals surface area contributed by atoms with Gasteiger partial charge in [-0.2, -0.15) is 0 Å². The Hall–Kier alpha value is -3.43. The molecular formula is C24H20Cl4FN5O2. The van der Waals surface area contributed by atoms with Crippen LogP contribution in [0.25, 0.3) is 0 Å². The van der Waals surface area contributed by atoms with Gasteiger partial charge >= 0.3 is 0 Å². The van der Waals surface area contributed by atoms with Gasteiger partial charge in [0, 0.05) is 29.7 Å². The van der Waals surface area contributed by atoms with Crippen molar-refractivity contribution in [2.24, 2.45) is 4.99 Å². The largest absolute Gasteiger partial charge is 0.307 e. The predicted molar refractivity (Wildman–Crippen MR) is 147 cm³/mol. The van der Waals surface area contributed by atoms with Crippen LogP contribution in [0.1, 0.15) is 20.7 Å². The van der Waals surface area contributed by atoms with Crippen molar-refractivity contribution in [3.63, 3.8) is 0 Å². The molecule has 0 unspecified atom stereocenters. The minimum atomic E-state index is -0.769. The van der Waals surface area contributed by atoms with Crippen molar-refractivity contribution >= 4 is 78.5 Å². The molecule has 7 nitrogen and oxygen atoms in total. The zero-order chi connectivity index (χ0) is 23.2. The zero-order valence-corrected chi connectivity index (χ0v) is 21.5. The molecule has 188 valence electrons. The second-order valence-corrected chi connectivity index (χ2v) is 7.23. The number of halogens is 5. The van der Waals surface area contributed by atoms with E-state index in [0.29, 0.717) is 10.6 Å². The standard InChI is InChI=1S/C24H17ClFN5O2.3ClH/c25-19-9-11-22(28-15-19)29-23(32)18-8-10-21(20(26)14-18)31(30-13-5-4-12-27-16-30)24(33)17-6-2-1-3-7-17;;;/h1-16H,(H,28,29,32);3*1H. The van der Waals surface area contributed by atoms with Crippen molar-refractivity contribution in [2.75, 3.05) is 10.3 Å². The molecule has 1 N–H and O–H groups in total. The number of anilines is 2. The van der Waals surface area contributed by atoms with E-state index in [4.69, 9.17) is 11.6 Å². The molecule has 0 atom stereocenters. The number of amides is 2. The van der Waals surface area contributed by atoms with Gasteiger partial charge in [0.1, 0.15) is 23.7 Å². The van der Waals surface area contributed by atoms with Gasteiger partial charge in [-0.1, -0.05) is 29.8 Å². The SMILES string of the molecule is Cl.Cl.Cl.O=C(Nc1ccc(Cl)cn1)c1ccc(N(C(=O)c2ccccc2)N2C=CC=CN=C2)c(F)c1. The Morgan fingerprint density at radius 2 is 1.69 bits per heavy atom. The number of carbonyl (C=O) groups is 2. The molecule has 4 rings (SSSR count). The van der Waals surface area contributed by atoms with Gasteiger partial charge < -0.3 is 5.32 Å². The fraction of sp³-hybridized carbons (Fsp3) is 0. The highest BCUT2D eigenvalue weighted by molar-refractivity contribution is 6.30. The van der Waals surface area contributed by atoms with Crippen LogP contribution in [0.3, 0.4) is 0 Å². The van der Waals surface area contributed by atoms with E-state index in [1.54, 1.807) is 54.8 Å². The quantitative estimate of drug-likeness (QED) is 0.389. The van der Waals surface area contributed by atoms with E-state index in [1.165, 1.54) is 41.9 Å². The summed E-state index contributed by atoms with van der Waals surface area (Å²) in [5, 5.41) is 5.50. The van der Waals surface area contributed by atoms with Crippen molar-refractivity contribution < 1.29 is 14.0 Å². The Balaban J connectivity index is 0.00000216. The molecule has 0 aliphatic carbocycles. The van der Waals surface area contributed by atoms with E-state index in [2.05, 4.69) is 15.3 Å². The van der Waals surface area contributed by atoms with Gasteiger partial charge in [0.2, 0.25) is 0 Å². The smallest absolute Gasteiger partial charge is 0.277 e. The highest BCUT2D eigenvalue weighted by atomic mass is 35.5. The normalized spacial score (nSPS) is 11.3. The van der Waals surface area contributed by atoms with Gasteiger partial charge in [-0.3, -0.25) is 9.59 Å². The van der Waals surface area contributed by atoms with Crippen LogP contribution in [0.5, 0.6) is 0 Å². The number of carbonyl (C=O) groups excluding carboxylic acids is 2. The molecule has 1 aromatic heterocycles. The molecule has 0 fully saturated rings. The van der Waals surface area contributed by atoms with Gasteiger partial charge in [-0.05, 0) is 54.6 Å². The summed E-state index contributed by atoms with van der Waals surface area (Å²) in [4.78, 5) is 33.9. The molecule has 0 radical (unpaired) electrons. The van der Waals surface area contributed by atoms with E-state index in [-0.39, 0.29) is 54.3 Å². The average Bonchev–Trinajstić information content (AvgIpc) is 3.11. The maximum Gasteiger partial charge on any atom is 0.277 e. The third-order valence-corrected chi connectivity index (χ3v) is 4.78. The number of allylic oxidation sites excluding steroid dienone is 2. The third-order valence-electron chi connectivity index (χ3n) is 4.56. The first-order chi connectivity index (χ1) is 16.0. The van der Waals surface area contributed by atoms with Crippen molar-refractivity contribution in [3.8, 4) is 0 Å². The van der Waals surface area contributed by atoms with Crippen LogP contribution in [0.2, 0.25) is 5.02 Å². The van der Waals surface area contributed by atoms with Crippen LogP contribution in [0.4, 0.5) is 15.9 Å². The summed E-state index contributed by atoms with van der Waals surface area (Å²) < 4.78 is 15.3. The lowest BCUT2D eigenvalue weighted by Gasteiger charge is -2.31. The molecule has 2 aromatic carbocycles. The number of aliphatic imine (C=N–C) groups is 1. The third kappa shape index (κ3) is 7.29. The number of rotatable bonds is 5. The maximum absolute atomic E-state index is 15.3. The highest BCUT2D eigenvalue weighted by Crippen LogP contribution is 2.25. The second-order valence-electron chi connectivity index (χ2n) is 6.79. The Morgan fingerprint density at radius 1 is 0.944 bits per heavy atom. The molecule has 12 heteroatoms. The Labute approximate surface area is 230 Å². The Kier molecular flexibility index (Phi) is 12.1. The monoisotopic (exact) mass is 569 g/mol. The zero-order valence-electron chi connectivity index (χ0n) is 18.3. The lowest BCUT2D eigenvalue weighted by atomic mass is 10.1. The molecular weight excluding hydrogens is 551 g/mol. The van der Waals surface area contributed by atoms with Gasteiger partial charge in [0.25, 0.3) is 11.8 Å². The molecule has 0 saturated carbocycles. The summed E-state index contributed by atoms with van der Waals surface area (Å²) in [6, 6.07) is 15.4. The van der Waals surface area contributed by atoms with Crippen molar-refractivity contribution in [3.05, 3.63) is 113 Å². The predicted octanol–water partition coefficient (Wildman–Crippen LogP) is 6.32. The molecule has 2 heterocycles. The van der Waals surface area contributed by atoms with E-state index < -0.39 is 17.6 Å². The van der Waals surface area contributed by atoms with Gasteiger partial charge in [-0.25, -0.2) is 24.4 Å². The fourth-order valence-corrected chi connectivity index (χ4v) is 3.11. The molecule has 0 saturated heterocycles. The fourth-order valence-electron chi connectivity index (χ4n) is 3.00. The average molecular weight is 571 g/mol.